The number of nitrogens with zero attached hydrogens (tertiary/aromatic N) is 5. The highest BCUT2D eigenvalue weighted by molar-refractivity contribution is 6.33. The molecule has 5 rings (SSSR count). The minimum atomic E-state index is -0.468. The second-order valence-corrected chi connectivity index (χ2v) is 10.2. The number of nitriles is 1. The Hall–Kier alpha value is -3.90. The minimum Gasteiger partial charge on any atom is -0.357 e. The lowest BCUT2D eigenvalue weighted by Gasteiger charge is -2.32. The molecule has 2 N–H and O–H groups in total. The number of amides is 2. The van der Waals surface area contributed by atoms with Crippen molar-refractivity contribution >= 4 is 40.7 Å². The standard InChI is InChI=1S/C27H28ClN7O2/c1-17-2-6-22(21(28)12-17)31-27(37)33-23-16-35(15-18-3-4-18)26(32-23)25(36)20-8-10-34(11-9-20)24-7-5-19(13-29)14-30-24/h2,5-7,12,14,16,18,20H,3-4,8-11,15H2,1H3,(H2,31,33,37). The maximum atomic E-state index is 13.5. The molecule has 2 amide bonds. The number of pyridine rings is 1. The van der Waals surface area contributed by atoms with Gasteiger partial charge in [0.1, 0.15) is 11.9 Å². The Labute approximate surface area is 220 Å². The number of hydrogen-bond donors (Lipinski definition) is 2. The molecule has 3 aromatic rings. The molecule has 0 atom stereocenters. The molecule has 190 valence electrons. The van der Waals surface area contributed by atoms with Gasteiger partial charge in [0, 0.05) is 37.9 Å². The fourth-order valence-electron chi connectivity index (χ4n) is 4.57. The van der Waals surface area contributed by atoms with Gasteiger partial charge >= 0.3 is 6.03 Å². The smallest absolute Gasteiger partial charge is 0.324 e. The lowest BCUT2D eigenvalue weighted by Crippen LogP contribution is -2.37. The topological polar surface area (TPSA) is 116 Å². The Morgan fingerprint density at radius 3 is 2.57 bits per heavy atom. The van der Waals surface area contributed by atoms with Crippen LogP contribution in [0.15, 0.2) is 42.7 Å². The molecule has 9 nitrogen and oxygen atoms in total. The zero-order valence-electron chi connectivity index (χ0n) is 20.6. The van der Waals surface area contributed by atoms with Gasteiger partial charge in [0.25, 0.3) is 0 Å². The zero-order valence-corrected chi connectivity index (χ0v) is 21.3. The average Bonchev–Trinajstić information content (AvgIpc) is 3.64. The molecule has 1 aliphatic carbocycles. The van der Waals surface area contributed by atoms with Crippen molar-refractivity contribution in [3.63, 3.8) is 0 Å². The molecule has 0 spiro atoms. The number of aryl methyl sites for hydroxylation is 1. The molecule has 0 radical (unpaired) electrons. The quantitative estimate of drug-likeness (QED) is 0.413. The van der Waals surface area contributed by atoms with Gasteiger partial charge in [0.05, 0.1) is 16.3 Å². The summed E-state index contributed by atoms with van der Waals surface area (Å²) in [7, 11) is 0. The summed E-state index contributed by atoms with van der Waals surface area (Å²) in [5, 5.41) is 14.9. The van der Waals surface area contributed by atoms with E-state index in [0.717, 1.165) is 30.8 Å². The average molecular weight is 518 g/mol. The molecule has 2 fully saturated rings. The number of carbonyl (C=O) groups excluding carboxylic acids is 2. The highest BCUT2D eigenvalue weighted by Gasteiger charge is 2.31. The van der Waals surface area contributed by atoms with E-state index in [1.807, 2.05) is 23.6 Å². The van der Waals surface area contributed by atoms with Crippen molar-refractivity contribution in [3.05, 3.63) is 64.7 Å². The lowest BCUT2D eigenvalue weighted by molar-refractivity contribution is 0.0884. The van der Waals surface area contributed by atoms with Gasteiger partial charge in [-0.1, -0.05) is 17.7 Å². The lowest BCUT2D eigenvalue weighted by atomic mass is 9.92. The van der Waals surface area contributed by atoms with Crippen LogP contribution in [0.25, 0.3) is 0 Å². The van der Waals surface area contributed by atoms with Gasteiger partial charge in [-0.3, -0.25) is 10.1 Å². The van der Waals surface area contributed by atoms with Crippen molar-refractivity contribution in [3.8, 4) is 6.07 Å². The van der Waals surface area contributed by atoms with Crippen molar-refractivity contribution in [1.82, 2.24) is 14.5 Å². The molecule has 1 saturated heterocycles. The zero-order chi connectivity index (χ0) is 25.9. The molecular weight excluding hydrogens is 490 g/mol. The van der Waals surface area contributed by atoms with E-state index in [4.69, 9.17) is 16.9 Å². The Balaban J connectivity index is 1.25. The maximum absolute atomic E-state index is 13.5. The monoisotopic (exact) mass is 517 g/mol. The summed E-state index contributed by atoms with van der Waals surface area (Å²) in [5.74, 6) is 1.94. The first-order chi connectivity index (χ1) is 17.9. The predicted molar refractivity (Wildman–Crippen MR) is 142 cm³/mol. The third kappa shape index (κ3) is 5.92. The van der Waals surface area contributed by atoms with E-state index in [-0.39, 0.29) is 11.7 Å². The van der Waals surface area contributed by atoms with E-state index in [9.17, 15) is 9.59 Å². The van der Waals surface area contributed by atoms with Crippen LogP contribution in [-0.2, 0) is 6.54 Å². The molecule has 1 aromatic carbocycles. The van der Waals surface area contributed by atoms with Crippen molar-refractivity contribution < 1.29 is 9.59 Å². The van der Waals surface area contributed by atoms with Gasteiger partial charge in [-0.2, -0.15) is 5.26 Å². The number of anilines is 3. The Morgan fingerprint density at radius 2 is 1.92 bits per heavy atom. The Kier molecular flexibility index (Phi) is 7.10. The molecular formula is C27H28ClN7O2. The Bertz CT molecular complexity index is 1350. The van der Waals surface area contributed by atoms with Gasteiger partial charge in [-0.05, 0) is 68.4 Å². The van der Waals surface area contributed by atoms with Crippen LogP contribution in [0, 0.1) is 30.1 Å². The number of aromatic nitrogens is 3. The summed E-state index contributed by atoms with van der Waals surface area (Å²) in [6, 6.07) is 10.6. The van der Waals surface area contributed by atoms with Gasteiger partial charge in [0.15, 0.2) is 11.6 Å². The molecule has 3 heterocycles. The third-order valence-corrected chi connectivity index (χ3v) is 7.14. The van der Waals surface area contributed by atoms with E-state index in [1.54, 1.807) is 30.6 Å². The largest absolute Gasteiger partial charge is 0.357 e. The van der Waals surface area contributed by atoms with Crippen LogP contribution in [0.2, 0.25) is 5.02 Å². The van der Waals surface area contributed by atoms with Gasteiger partial charge in [-0.15, -0.1) is 0 Å². The minimum absolute atomic E-state index is 0.00289. The fourth-order valence-corrected chi connectivity index (χ4v) is 4.86. The van der Waals surface area contributed by atoms with Gasteiger partial charge in [-0.25, -0.2) is 14.8 Å². The number of carbonyl (C=O) groups is 2. The third-order valence-electron chi connectivity index (χ3n) is 6.83. The van der Waals surface area contributed by atoms with Gasteiger partial charge < -0.3 is 14.8 Å². The molecule has 1 aliphatic heterocycles. The SMILES string of the molecule is Cc1ccc(NC(=O)Nc2cn(CC3CC3)c(C(=O)C3CCN(c4ccc(C#N)cn4)CC3)n2)c(Cl)c1. The second kappa shape index (κ2) is 10.6. The number of imidazole rings is 1. The summed E-state index contributed by atoms with van der Waals surface area (Å²) in [6.07, 6.45) is 6.96. The molecule has 0 unspecified atom stereocenters. The summed E-state index contributed by atoms with van der Waals surface area (Å²) >= 11 is 6.23. The second-order valence-electron chi connectivity index (χ2n) is 9.75. The van der Waals surface area contributed by atoms with E-state index in [0.29, 0.717) is 59.8 Å². The van der Waals surface area contributed by atoms with E-state index < -0.39 is 6.03 Å². The molecule has 2 aliphatic rings. The van der Waals surface area contributed by atoms with Crippen molar-refractivity contribution in [2.45, 2.75) is 39.2 Å². The molecule has 37 heavy (non-hydrogen) atoms. The highest BCUT2D eigenvalue weighted by Crippen LogP contribution is 2.32. The molecule has 2 aromatic heterocycles. The summed E-state index contributed by atoms with van der Waals surface area (Å²) < 4.78 is 1.89. The first-order valence-corrected chi connectivity index (χ1v) is 12.8. The normalized spacial score (nSPS) is 15.8. The van der Waals surface area contributed by atoms with Crippen LogP contribution in [0.4, 0.5) is 22.1 Å². The van der Waals surface area contributed by atoms with E-state index >= 15 is 0 Å². The number of ketones is 1. The van der Waals surface area contributed by atoms with Crippen molar-refractivity contribution in [2.75, 3.05) is 28.6 Å². The number of nitrogens with one attached hydrogen (secondary N) is 2. The van der Waals surface area contributed by atoms with Crippen LogP contribution in [0.5, 0.6) is 0 Å². The van der Waals surface area contributed by atoms with Crippen LogP contribution in [0.1, 0.15) is 47.4 Å². The van der Waals surface area contributed by atoms with Crippen molar-refractivity contribution in [1.29, 1.82) is 5.26 Å². The number of urea groups is 1. The number of halogens is 1. The fraction of sp³-hybridized carbons (Fsp3) is 0.370. The predicted octanol–water partition coefficient (Wildman–Crippen LogP) is 5.26. The van der Waals surface area contributed by atoms with Gasteiger partial charge in [0.2, 0.25) is 5.78 Å². The highest BCUT2D eigenvalue weighted by atomic mass is 35.5. The van der Waals surface area contributed by atoms with Crippen LogP contribution < -0.4 is 15.5 Å². The first-order valence-electron chi connectivity index (χ1n) is 12.5. The van der Waals surface area contributed by atoms with Crippen LogP contribution in [-0.4, -0.2) is 39.4 Å². The summed E-state index contributed by atoms with van der Waals surface area (Å²) in [5.41, 5.74) is 2.02. The van der Waals surface area contributed by atoms with E-state index in [1.165, 1.54) is 0 Å². The van der Waals surface area contributed by atoms with Crippen molar-refractivity contribution in [2.24, 2.45) is 11.8 Å². The molecule has 1 saturated carbocycles. The van der Waals surface area contributed by atoms with E-state index in [2.05, 4.69) is 31.6 Å². The molecule has 10 heteroatoms. The first kappa shape index (κ1) is 24.8. The summed E-state index contributed by atoms with van der Waals surface area (Å²) in [4.78, 5) is 37.2. The number of piperidine rings is 1. The molecule has 0 bridgehead atoms. The number of Topliss-reactive ketones (excluding diaryl/α,β-unsaturated/α-hetero) is 1. The maximum Gasteiger partial charge on any atom is 0.324 e. The van der Waals surface area contributed by atoms with Crippen LogP contribution >= 0.6 is 11.6 Å². The number of rotatable bonds is 7. The summed E-state index contributed by atoms with van der Waals surface area (Å²) in [6.45, 7) is 4.04. The van der Waals surface area contributed by atoms with Crippen LogP contribution in [0.3, 0.4) is 0 Å². The number of benzene rings is 1. The Morgan fingerprint density at radius 1 is 1.14 bits per heavy atom. The number of hydrogen-bond acceptors (Lipinski definition) is 6.